The van der Waals surface area contributed by atoms with Crippen molar-refractivity contribution in [2.24, 2.45) is 0 Å². The van der Waals surface area contributed by atoms with E-state index in [-0.39, 0.29) is 12.5 Å². The molecule has 2 heterocycles. The Morgan fingerprint density at radius 1 is 1.31 bits per heavy atom. The number of rotatable bonds is 8. The molecule has 0 aliphatic heterocycles. The molecule has 0 atom stereocenters. The van der Waals surface area contributed by atoms with Crippen molar-refractivity contribution < 1.29 is 14.1 Å². The SMILES string of the molecule is COc1ccc(-c2noc(CN(C)C(=O)CCCn3cccn3)n2)cc1. The van der Waals surface area contributed by atoms with E-state index in [1.165, 1.54) is 0 Å². The highest BCUT2D eigenvalue weighted by Crippen LogP contribution is 2.20. The zero-order chi connectivity index (χ0) is 18.4. The molecule has 1 aromatic carbocycles. The van der Waals surface area contributed by atoms with Crippen LogP contribution in [-0.2, 0) is 17.9 Å². The number of hydrogen-bond donors (Lipinski definition) is 0. The summed E-state index contributed by atoms with van der Waals surface area (Å²) in [7, 11) is 3.34. The summed E-state index contributed by atoms with van der Waals surface area (Å²) in [5, 5.41) is 8.09. The third kappa shape index (κ3) is 4.47. The van der Waals surface area contributed by atoms with Crippen LogP contribution in [0.2, 0.25) is 0 Å². The predicted molar refractivity (Wildman–Crippen MR) is 94.2 cm³/mol. The zero-order valence-corrected chi connectivity index (χ0v) is 14.8. The van der Waals surface area contributed by atoms with Gasteiger partial charge in [0, 0.05) is 38.0 Å². The van der Waals surface area contributed by atoms with Gasteiger partial charge in [0.1, 0.15) is 5.75 Å². The molecule has 0 radical (unpaired) electrons. The molecule has 3 rings (SSSR count). The van der Waals surface area contributed by atoms with Crippen LogP contribution in [0, 0.1) is 0 Å². The largest absolute Gasteiger partial charge is 0.497 e. The van der Waals surface area contributed by atoms with Gasteiger partial charge in [0.25, 0.3) is 0 Å². The zero-order valence-electron chi connectivity index (χ0n) is 14.8. The van der Waals surface area contributed by atoms with Crippen LogP contribution in [0.4, 0.5) is 0 Å². The van der Waals surface area contributed by atoms with Gasteiger partial charge in [0.05, 0.1) is 13.7 Å². The van der Waals surface area contributed by atoms with Crippen molar-refractivity contribution in [1.29, 1.82) is 0 Å². The average molecular weight is 355 g/mol. The molecular formula is C18H21N5O3. The lowest BCUT2D eigenvalue weighted by atomic mass is 10.2. The van der Waals surface area contributed by atoms with Crippen molar-refractivity contribution >= 4 is 5.91 Å². The Hall–Kier alpha value is -3.16. The first-order chi connectivity index (χ1) is 12.7. The van der Waals surface area contributed by atoms with E-state index < -0.39 is 0 Å². The van der Waals surface area contributed by atoms with Gasteiger partial charge in [-0.3, -0.25) is 9.48 Å². The lowest BCUT2D eigenvalue weighted by molar-refractivity contribution is -0.130. The first kappa shape index (κ1) is 17.7. The maximum absolute atomic E-state index is 12.2. The number of carbonyl (C=O) groups excluding carboxylic acids is 1. The summed E-state index contributed by atoms with van der Waals surface area (Å²) in [5.41, 5.74) is 0.828. The van der Waals surface area contributed by atoms with E-state index >= 15 is 0 Å². The number of aromatic nitrogens is 4. The van der Waals surface area contributed by atoms with Gasteiger partial charge in [-0.1, -0.05) is 5.16 Å². The Morgan fingerprint density at radius 3 is 2.81 bits per heavy atom. The highest BCUT2D eigenvalue weighted by Gasteiger charge is 2.14. The summed E-state index contributed by atoms with van der Waals surface area (Å²) in [6, 6.07) is 9.25. The smallest absolute Gasteiger partial charge is 0.246 e. The maximum atomic E-state index is 12.2. The molecule has 0 aliphatic rings. The molecule has 1 amide bonds. The molecule has 3 aromatic rings. The summed E-state index contributed by atoms with van der Waals surface area (Å²) in [5.74, 6) is 1.68. The van der Waals surface area contributed by atoms with Gasteiger partial charge in [-0.2, -0.15) is 10.1 Å². The second kappa shape index (κ2) is 8.28. The molecule has 0 saturated carbocycles. The Balaban J connectivity index is 1.51. The first-order valence-electron chi connectivity index (χ1n) is 8.34. The highest BCUT2D eigenvalue weighted by molar-refractivity contribution is 5.75. The van der Waals surface area contributed by atoms with Gasteiger partial charge in [-0.25, -0.2) is 0 Å². The van der Waals surface area contributed by atoms with Crippen LogP contribution in [0.3, 0.4) is 0 Å². The third-order valence-corrected chi connectivity index (χ3v) is 3.95. The van der Waals surface area contributed by atoms with Crippen LogP contribution in [-0.4, -0.2) is 44.9 Å². The molecule has 136 valence electrons. The lowest BCUT2D eigenvalue weighted by Gasteiger charge is -2.14. The molecule has 8 nitrogen and oxygen atoms in total. The van der Waals surface area contributed by atoms with Gasteiger partial charge in [-0.05, 0) is 36.8 Å². The van der Waals surface area contributed by atoms with Gasteiger partial charge in [0.2, 0.25) is 17.6 Å². The van der Waals surface area contributed by atoms with Crippen molar-refractivity contribution in [2.75, 3.05) is 14.2 Å². The minimum absolute atomic E-state index is 0.0290. The fourth-order valence-corrected chi connectivity index (χ4v) is 2.48. The summed E-state index contributed by atoms with van der Waals surface area (Å²) in [6.07, 6.45) is 4.78. The normalized spacial score (nSPS) is 10.7. The molecule has 0 N–H and O–H groups in total. The number of benzene rings is 1. The second-order valence-corrected chi connectivity index (χ2v) is 5.86. The van der Waals surface area contributed by atoms with E-state index in [1.807, 2.05) is 41.2 Å². The number of methoxy groups -OCH3 is 1. The molecule has 8 heteroatoms. The molecule has 0 unspecified atom stereocenters. The number of aryl methyl sites for hydroxylation is 1. The van der Waals surface area contributed by atoms with Gasteiger partial charge >= 0.3 is 0 Å². The van der Waals surface area contributed by atoms with E-state index in [9.17, 15) is 4.79 Å². The quantitative estimate of drug-likeness (QED) is 0.617. The van der Waals surface area contributed by atoms with Crippen LogP contribution < -0.4 is 4.74 Å². The molecular weight excluding hydrogens is 334 g/mol. The molecule has 0 fully saturated rings. The number of amides is 1. The first-order valence-corrected chi connectivity index (χ1v) is 8.34. The van der Waals surface area contributed by atoms with Crippen LogP contribution in [0.1, 0.15) is 18.7 Å². The van der Waals surface area contributed by atoms with Crippen molar-refractivity contribution in [3.63, 3.8) is 0 Å². The fourth-order valence-electron chi connectivity index (χ4n) is 2.48. The summed E-state index contributed by atoms with van der Waals surface area (Å²) < 4.78 is 12.2. The maximum Gasteiger partial charge on any atom is 0.246 e. The van der Waals surface area contributed by atoms with E-state index in [0.717, 1.165) is 24.3 Å². The van der Waals surface area contributed by atoms with E-state index in [0.29, 0.717) is 18.1 Å². The second-order valence-electron chi connectivity index (χ2n) is 5.86. The van der Waals surface area contributed by atoms with Crippen LogP contribution in [0.5, 0.6) is 5.75 Å². The third-order valence-electron chi connectivity index (χ3n) is 3.95. The summed E-state index contributed by atoms with van der Waals surface area (Å²) in [4.78, 5) is 18.2. The Bertz CT molecular complexity index is 827. The predicted octanol–water partition coefficient (Wildman–Crippen LogP) is 2.38. The van der Waals surface area contributed by atoms with Crippen molar-refractivity contribution in [3.05, 3.63) is 48.6 Å². The summed E-state index contributed by atoms with van der Waals surface area (Å²) in [6.45, 7) is 0.999. The molecule has 26 heavy (non-hydrogen) atoms. The fraction of sp³-hybridized carbons (Fsp3) is 0.333. The van der Waals surface area contributed by atoms with Crippen molar-refractivity contribution in [2.45, 2.75) is 25.9 Å². The minimum Gasteiger partial charge on any atom is -0.497 e. The van der Waals surface area contributed by atoms with Gasteiger partial charge in [-0.15, -0.1) is 0 Å². The Labute approximate surface area is 151 Å². The molecule has 0 aliphatic carbocycles. The number of nitrogens with zero attached hydrogens (tertiary/aromatic N) is 5. The minimum atomic E-state index is 0.0290. The van der Waals surface area contributed by atoms with Crippen LogP contribution in [0.15, 0.2) is 47.2 Å². The topological polar surface area (TPSA) is 86.3 Å². The lowest BCUT2D eigenvalue weighted by Crippen LogP contribution is -2.26. The van der Waals surface area contributed by atoms with Crippen molar-refractivity contribution in [3.8, 4) is 17.1 Å². The van der Waals surface area contributed by atoms with Crippen LogP contribution in [0.25, 0.3) is 11.4 Å². The Morgan fingerprint density at radius 2 is 2.12 bits per heavy atom. The van der Waals surface area contributed by atoms with Crippen molar-refractivity contribution in [1.82, 2.24) is 24.8 Å². The van der Waals surface area contributed by atoms with E-state index in [1.54, 1.807) is 25.3 Å². The van der Waals surface area contributed by atoms with E-state index in [2.05, 4.69) is 15.2 Å². The monoisotopic (exact) mass is 355 g/mol. The summed E-state index contributed by atoms with van der Waals surface area (Å²) >= 11 is 0. The molecule has 0 spiro atoms. The van der Waals surface area contributed by atoms with Gasteiger partial charge < -0.3 is 14.2 Å². The van der Waals surface area contributed by atoms with Gasteiger partial charge in [0.15, 0.2) is 0 Å². The molecule has 0 saturated heterocycles. The standard InChI is InChI=1S/C18H21N5O3/c1-22(17(24)5-3-11-23-12-4-10-19-23)13-16-20-18(21-26-16)14-6-8-15(25-2)9-7-14/h4,6-10,12H,3,5,11,13H2,1-2H3. The van der Waals surface area contributed by atoms with Crippen LogP contribution >= 0.6 is 0 Å². The Kier molecular flexibility index (Phi) is 5.62. The number of carbonyl (C=O) groups is 1. The van der Waals surface area contributed by atoms with E-state index in [4.69, 9.17) is 9.26 Å². The molecule has 2 aromatic heterocycles. The average Bonchev–Trinajstić information content (AvgIpc) is 3.34. The highest BCUT2D eigenvalue weighted by atomic mass is 16.5. The number of hydrogen-bond acceptors (Lipinski definition) is 6. The molecule has 0 bridgehead atoms. The number of ether oxygens (including phenoxy) is 1.